The summed E-state index contributed by atoms with van der Waals surface area (Å²) in [4.78, 5) is 21.4. The zero-order valence-corrected chi connectivity index (χ0v) is 16.6. The van der Waals surface area contributed by atoms with Crippen molar-refractivity contribution in [2.75, 3.05) is 31.1 Å². The molecule has 0 aliphatic carbocycles. The minimum absolute atomic E-state index is 0.0424. The van der Waals surface area contributed by atoms with E-state index in [0.29, 0.717) is 23.7 Å². The average molecular weight is 402 g/mol. The van der Waals surface area contributed by atoms with Gasteiger partial charge in [-0.25, -0.2) is 4.98 Å². The average Bonchev–Trinajstić information content (AvgIpc) is 2.79. The van der Waals surface area contributed by atoms with Crippen LogP contribution in [0.25, 0.3) is 0 Å². The van der Waals surface area contributed by atoms with Crippen molar-refractivity contribution < 1.29 is 4.79 Å². The Morgan fingerprint density at radius 3 is 2.34 bits per heavy atom. The van der Waals surface area contributed by atoms with Crippen molar-refractivity contribution in [1.82, 2.24) is 9.88 Å². The number of hydrogen-bond donors (Lipinski definition) is 0. The summed E-state index contributed by atoms with van der Waals surface area (Å²) < 4.78 is 0. The van der Waals surface area contributed by atoms with Gasteiger partial charge in [0.2, 0.25) is 0 Å². The van der Waals surface area contributed by atoms with Crippen molar-refractivity contribution >= 4 is 23.3 Å². The van der Waals surface area contributed by atoms with Gasteiger partial charge in [-0.2, -0.15) is 0 Å². The number of nitrogens with zero attached hydrogens (tertiary/aromatic N) is 3. The molecule has 1 amide bonds. The summed E-state index contributed by atoms with van der Waals surface area (Å²) in [5.41, 5.74) is 2.37. The van der Waals surface area contributed by atoms with Gasteiger partial charge >= 0.3 is 0 Å². The van der Waals surface area contributed by atoms with E-state index in [1.807, 2.05) is 71.6 Å². The molecule has 1 fully saturated rings. The molecule has 0 N–H and O–H groups in total. The first-order chi connectivity index (χ1) is 14.2. The Kier molecular flexibility index (Phi) is 5.79. The molecule has 1 aliphatic rings. The first-order valence-electron chi connectivity index (χ1n) is 9.52. The van der Waals surface area contributed by atoms with Gasteiger partial charge in [0.1, 0.15) is 5.82 Å². The van der Waals surface area contributed by atoms with Crippen LogP contribution in [-0.2, 0) is 0 Å². The van der Waals surface area contributed by atoms with Crippen molar-refractivity contribution in [2.45, 2.75) is 0 Å². The topological polar surface area (TPSA) is 36.4 Å². The Labute approximate surface area is 175 Å². The third-order valence-electron chi connectivity index (χ3n) is 4.85. The van der Waals surface area contributed by atoms with Crippen LogP contribution in [0.15, 0.2) is 72.9 Å². The second-order valence-electron chi connectivity index (χ2n) is 6.80. The van der Waals surface area contributed by atoms with Crippen LogP contribution in [0.1, 0.15) is 21.5 Å². The minimum atomic E-state index is 0.0424. The van der Waals surface area contributed by atoms with Crippen LogP contribution in [0.2, 0.25) is 5.02 Å². The van der Waals surface area contributed by atoms with Gasteiger partial charge < -0.3 is 9.80 Å². The van der Waals surface area contributed by atoms with Gasteiger partial charge in [0, 0.05) is 54.1 Å². The monoisotopic (exact) mass is 401 g/mol. The summed E-state index contributed by atoms with van der Waals surface area (Å²) in [5.74, 6) is 7.24. The fraction of sp³-hybridized carbons (Fsp3) is 0.167. The highest BCUT2D eigenvalue weighted by molar-refractivity contribution is 6.30. The first-order valence-corrected chi connectivity index (χ1v) is 9.90. The highest BCUT2D eigenvalue weighted by atomic mass is 35.5. The van der Waals surface area contributed by atoms with Crippen LogP contribution in [0.4, 0.5) is 5.82 Å². The molecular weight excluding hydrogens is 382 g/mol. The second kappa shape index (κ2) is 8.81. The predicted octanol–water partition coefficient (Wildman–Crippen LogP) is 4.10. The molecule has 0 saturated carbocycles. The highest BCUT2D eigenvalue weighted by Crippen LogP contribution is 2.15. The number of anilines is 1. The number of benzene rings is 2. The standard InChI is InChI=1S/C24H20ClN3O/c25-22-11-9-19(10-12-22)7-8-20-4-3-5-21(18-20)24(29)28-16-14-27(15-17-28)23-6-1-2-13-26-23/h1-6,9-13,18H,14-17H2. The Morgan fingerprint density at radius 2 is 1.62 bits per heavy atom. The number of halogens is 1. The first kappa shape index (κ1) is 19.0. The number of rotatable bonds is 2. The van der Waals surface area contributed by atoms with Gasteiger partial charge in [0.15, 0.2) is 0 Å². The van der Waals surface area contributed by atoms with E-state index in [1.54, 1.807) is 6.20 Å². The molecule has 4 rings (SSSR count). The zero-order valence-electron chi connectivity index (χ0n) is 15.9. The van der Waals surface area contributed by atoms with E-state index in [2.05, 4.69) is 21.7 Å². The molecule has 0 atom stereocenters. The molecule has 4 nitrogen and oxygen atoms in total. The maximum Gasteiger partial charge on any atom is 0.254 e. The van der Waals surface area contributed by atoms with Crippen molar-refractivity contribution in [3.63, 3.8) is 0 Å². The van der Waals surface area contributed by atoms with Gasteiger partial charge in [-0.15, -0.1) is 0 Å². The van der Waals surface area contributed by atoms with Gasteiger partial charge in [-0.05, 0) is 54.6 Å². The molecule has 2 heterocycles. The lowest BCUT2D eigenvalue weighted by molar-refractivity contribution is 0.0746. The van der Waals surface area contributed by atoms with Gasteiger partial charge in [-0.3, -0.25) is 4.79 Å². The van der Waals surface area contributed by atoms with Crippen LogP contribution in [-0.4, -0.2) is 42.0 Å². The smallest absolute Gasteiger partial charge is 0.254 e. The minimum Gasteiger partial charge on any atom is -0.353 e. The van der Waals surface area contributed by atoms with Crippen molar-refractivity contribution in [3.8, 4) is 11.8 Å². The zero-order chi connectivity index (χ0) is 20.1. The van der Waals surface area contributed by atoms with E-state index in [-0.39, 0.29) is 5.91 Å². The van der Waals surface area contributed by atoms with Crippen molar-refractivity contribution in [3.05, 3.63) is 94.6 Å². The van der Waals surface area contributed by atoms with E-state index < -0.39 is 0 Å². The van der Waals surface area contributed by atoms with Crippen LogP contribution >= 0.6 is 11.6 Å². The molecule has 1 saturated heterocycles. The molecule has 5 heteroatoms. The molecule has 2 aromatic carbocycles. The summed E-state index contributed by atoms with van der Waals surface area (Å²) in [6.07, 6.45) is 1.80. The van der Waals surface area contributed by atoms with Gasteiger partial charge in [0.25, 0.3) is 5.91 Å². The molecular formula is C24H20ClN3O. The third kappa shape index (κ3) is 4.77. The number of hydrogen-bond acceptors (Lipinski definition) is 3. The summed E-state index contributed by atoms with van der Waals surface area (Å²) in [6, 6.07) is 20.8. The lowest BCUT2D eigenvalue weighted by Gasteiger charge is -2.35. The lowest BCUT2D eigenvalue weighted by atomic mass is 10.1. The van der Waals surface area contributed by atoms with Crippen molar-refractivity contribution in [2.24, 2.45) is 0 Å². The number of amides is 1. The Balaban J connectivity index is 1.42. The molecule has 1 aromatic heterocycles. The van der Waals surface area contributed by atoms with Gasteiger partial charge in [0.05, 0.1) is 0 Å². The Bertz CT molecular complexity index is 1050. The molecule has 0 spiro atoms. The summed E-state index contributed by atoms with van der Waals surface area (Å²) in [7, 11) is 0. The van der Waals surface area contributed by atoms with Crippen molar-refractivity contribution in [1.29, 1.82) is 0 Å². The van der Waals surface area contributed by atoms with E-state index in [4.69, 9.17) is 11.6 Å². The fourth-order valence-corrected chi connectivity index (χ4v) is 3.40. The molecule has 29 heavy (non-hydrogen) atoms. The predicted molar refractivity (Wildman–Crippen MR) is 116 cm³/mol. The second-order valence-corrected chi connectivity index (χ2v) is 7.24. The maximum absolute atomic E-state index is 12.9. The summed E-state index contributed by atoms with van der Waals surface area (Å²) in [5, 5.41) is 0.686. The Hall–Kier alpha value is -3.29. The number of piperazine rings is 1. The Morgan fingerprint density at radius 1 is 0.862 bits per heavy atom. The number of pyridine rings is 1. The van der Waals surface area contributed by atoms with E-state index >= 15 is 0 Å². The van der Waals surface area contributed by atoms with E-state index in [9.17, 15) is 4.79 Å². The molecule has 144 valence electrons. The van der Waals surface area contributed by atoms with E-state index in [0.717, 1.165) is 30.0 Å². The number of aromatic nitrogens is 1. The SMILES string of the molecule is O=C(c1cccc(C#Cc2ccc(Cl)cc2)c1)N1CCN(c2ccccn2)CC1. The molecule has 0 bridgehead atoms. The number of carbonyl (C=O) groups is 1. The summed E-state index contributed by atoms with van der Waals surface area (Å²) in [6.45, 7) is 2.91. The van der Waals surface area contributed by atoms with Gasteiger partial charge in [-0.1, -0.05) is 35.6 Å². The van der Waals surface area contributed by atoms with Crippen LogP contribution < -0.4 is 4.90 Å². The van der Waals surface area contributed by atoms with Crippen LogP contribution in [0.3, 0.4) is 0 Å². The largest absolute Gasteiger partial charge is 0.353 e. The highest BCUT2D eigenvalue weighted by Gasteiger charge is 2.22. The lowest BCUT2D eigenvalue weighted by Crippen LogP contribution is -2.49. The summed E-state index contributed by atoms with van der Waals surface area (Å²) >= 11 is 5.91. The molecule has 0 unspecified atom stereocenters. The van der Waals surface area contributed by atoms with Crippen LogP contribution in [0.5, 0.6) is 0 Å². The maximum atomic E-state index is 12.9. The fourth-order valence-electron chi connectivity index (χ4n) is 3.27. The van der Waals surface area contributed by atoms with E-state index in [1.165, 1.54) is 0 Å². The normalized spacial score (nSPS) is 13.6. The van der Waals surface area contributed by atoms with Crippen LogP contribution in [0, 0.1) is 11.8 Å². The molecule has 1 aliphatic heterocycles. The molecule has 3 aromatic rings. The number of carbonyl (C=O) groups excluding carboxylic acids is 1. The third-order valence-corrected chi connectivity index (χ3v) is 5.10. The quantitative estimate of drug-likeness (QED) is 0.607. The molecule has 0 radical (unpaired) electrons.